The van der Waals surface area contributed by atoms with Gasteiger partial charge in [-0.1, -0.05) is 18.9 Å². The Bertz CT molecular complexity index is 1280. The molecule has 1 aliphatic carbocycles. The van der Waals surface area contributed by atoms with Crippen LogP contribution in [0.5, 0.6) is 17.2 Å². The SMILES string of the molecule is COc1ccc2c3c(c4cc(OC)c(OC)cc4c2c1)CN1C(=O)CC[C@H]1[C@H]3NC1CCCC1. The van der Waals surface area contributed by atoms with Gasteiger partial charge in [-0.3, -0.25) is 4.79 Å². The van der Waals surface area contributed by atoms with Crippen LogP contribution in [0, 0.1) is 0 Å². The van der Waals surface area contributed by atoms with Gasteiger partial charge in [0, 0.05) is 19.0 Å². The molecule has 0 spiro atoms. The fourth-order valence-corrected chi connectivity index (χ4v) is 6.50. The number of fused-ring (bicyclic) bond motifs is 7. The summed E-state index contributed by atoms with van der Waals surface area (Å²) in [5, 5.41) is 8.60. The summed E-state index contributed by atoms with van der Waals surface area (Å²) in [4.78, 5) is 15.1. The molecule has 178 valence electrons. The molecule has 2 fully saturated rings. The van der Waals surface area contributed by atoms with Gasteiger partial charge in [-0.05, 0) is 76.2 Å². The van der Waals surface area contributed by atoms with Crippen molar-refractivity contribution in [2.24, 2.45) is 0 Å². The molecular formula is C28H32N2O4. The number of ether oxygens (including phenoxy) is 3. The van der Waals surface area contributed by atoms with Crippen molar-refractivity contribution in [2.45, 2.75) is 63.2 Å². The molecule has 2 heterocycles. The van der Waals surface area contributed by atoms with E-state index < -0.39 is 0 Å². The van der Waals surface area contributed by atoms with Crippen molar-refractivity contribution < 1.29 is 19.0 Å². The number of carbonyl (C=O) groups is 1. The molecule has 6 rings (SSSR count). The lowest BCUT2D eigenvalue weighted by Gasteiger charge is -2.41. The van der Waals surface area contributed by atoms with Gasteiger partial charge in [0.05, 0.1) is 33.4 Å². The van der Waals surface area contributed by atoms with Crippen molar-refractivity contribution in [1.29, 1.82) is 0 Å². The third kappa shape index (κ3) is 3.22. The van der Waals surface area contributed by atoms with E-state index in [1.54, 1.807) is 21.3 Å². The predicted octanol–water partition coefficient (Wildman–Crippen LogP) is 5.10. The van der Waals surface area contributed by atoms with Crippen LogP contribution >= 0.6 is 0 Å². The lowest BCUT2D eigenvalue weighted by Crippen LogP contribution is -2.48. The van der Waals surface area contributed by atoms with E-state index >= 15 is 0 Å². The summed E-state index contributed by atoms with van der Waals surface area (Å²) in [6.45, 7) is 0.635. The van der Waals surface area contributed by atoms with Gasteiger partial charge in [-0.25, -0.2) is 0 Å². The Labute approximate surface area is 200 Å². The van der Waals surface area contributed by atoms with Gasteiger partial charge < -0.3 is 24.4 Å². The van der Waals surface area contributed by atoms with Gasteiger partial charge in [0.25, 0.3) is 0 Å². The highest BCUT2D eigenvalue weighted by Gasteiger charge is 2.44. The summed E-state index contributed by atoms with van der Waals surface area (Å²) in [6.07, 6.45) is 6.49. The lowest BCUT2D eigenvalue weighted by molar-refractivity contribution is -0.130. The third-order valence-corrected chi connectivity index (χ3v) is 8.15. The van der Waals surface area contributed by atoms with Crippen molar-refractivity contribution >= 4 is 27.5 Å². The van der Waals surface area contributed by atoms with Gasteiger partial charge in [-0.15, -0.1) is 0 Å². The molecule has 0 aromatic heterocycles. The molecule has 6 nitrogen and oxygen atoms in total. The lowest BCUT2D eigenvalue weighted by atomic mass is 9.81. The van der Waals surface area contributed by atoms with E-state index in [-0.39, 0.29) is 18.0 Å². The second-order valence-electron chi connectivity index (χ2n) is 9.81. The number of amides is 1. The highest BCUT2D eigenvalue weighted by molar-refractivity contribution is 6.12. The number of methoxy groups -OCH3 is 3. The number of hydrogen-bond acceptors (Lipinski definition) is 5. The molecule has 2 atom stereocenters. The largest absolute Gasteiger partial charge is 0.497 e. The Morgan fingerprint density at radius 1 is 0.853 bits per heavy atom. The number of nitrogens with zero attached hydrogens (tertiary/aromatic N) is 1. The average Bonchev–Trinajstić information content (AvgIpc) is 3.52. The summed E-state index contributed by atoms with van der Waals surface area (Å²) in [7, 11) is 5.04. The Morgan fingerprint density at radius 3 is 2.26 bits per heavy atom. The van der Waals surface area contributed by atoms with Crippen molar-refractivity contribution in [1.82, 2.24) is 10.2 Å². The van der Waals surface area contributed by atoms with Crippen LogP contribution in [0.25, 0.3) is 21.5 Å². The first kappa shape index (κ1) is 21.5. The maximum absolute atomic E-state index is 12.9. The minimum Gasteiger partial charge on any atom is -0.497 e. The molecule has 0 radical (unpaired) electrons. The summed E-state index contributed by atoms with van der Waals surface area (Å²) in [6, 6.07) is 11.3. The highest BCUT2D eigenvalue weighted by Crippen LogP contribution is 2.48. The van der Waals surface area contributed by atoms with Crippen LogP contribution < -0.4 is 19.5 Å². The Hall–Kier alpha value is -2.99. The van der Waals surface area contributed by atoms with Crippen molar-refractivity contribution in [2.75, 3.05) is 21.3 Å². The maximum atomic E-state index is 12.9. The molecule has 3 aliphatic rings. The van der Waals surface area contributed by atoms with E-state index in [4.69, 9.17) is 14.2 Å². The summed E-state index contributed by atoms with van der Waals surface area (Å²) < 4.78 is 17.0. The second-order valence-corrected chi connectivity index (χ2v) is 9.81. The van der Waals surface area contributed by atoms with Crippen LogP contribution in [0.2, 0.25) is 0 Å². The molecule has 1 N–H and O–H groups in total. The molecule has 1 saturated carbocycles. The summed E-state index contributed by atoms with van der Waals surface area (Å²) in [5.41, 5.74) is 2.55. The molecule has 3 aromatic rings. The topological polar surface area (TPSA) is 60.0 Å². The number of nitrogens with one attached hydrogen (secondary N) is 1. The molecule has 1 amide bonds. The van der Waals surface area contributed by atoms with E-state index in [0.717, 1.165) is 28.3 Å². The first-order valence-electron chi connectivity index (χ1n) is 12.4. The molecular weight excluding hydrogens is 428 g/mol. The zero-order valence-electron chi connectivity index (χ0n) is 20.1. The van der Waals surface area contributed by atoms with E-state index in [9.17, 15) is 4.79 Å². The first-order chi connectivity index (χ1) is 16.6. The summed E-state index contributed by atoms with van der Waals surface area (Å²) >= 11 is 0. The van der Waals surface area contributed by atoms with E-state index in [1.165, 1.54) is 42.2 Å². The molecule has 1 saturated heterocycles. The zero-order valence-corrected chi connectivity index (χ0v) is 20.1. The van der Waals surface area contributed by atoms with Crippen LogP contribution in [-0.2, 0) is 11.3 Å². The second kappa shape index (κ2) is 8.35. The zero-order chi connectivity index (χ0) is 23.4. The van der Waals surface area contributed by atoms with Crippen molar-refractivity contribution in [3.63, 3.8) is 0 Å². The van der Waals surface area contributed by atoms with Gasteiger partial charge >= 0.3 is 0 Å². The van der Waals surface area contributed by atoms with E-state index in [2.05, 4.69) is 34.5 Å². The van der Waals surface area contributed by atoms with Crippen LogP contribution in [0.4, 0.5) is 0 Å². The van der Waals surface area contributed by atoms with Crippen LogP contribution in [0.15, 0.2) is 30.3 Å². The van der Waals surface area contributed by atoms with Crippen LogP contribution in [-0.4, -0.2) is 44.2 Å². The average molecular weight is 461 g/mol. The third-order valence-electron chi connectivity index (χ3n) is 8.15. The Balaban J connectivity index is 1.67. The van der Waals surface area contributed by atoms with Crippen molar-refractivity contribution in [3.05, 3.63) is 41.5 Å². The minimum atomic E-state index is 0.117. The normalized spacial score (nSPS) is 22.3. The van der Waals surface area contributed by atoms with E-state index in [1.807, 2.05) is 6.07 Å². The molecule has 0 unspecified atom stereocenters. The Morgan fingerprint density at radius 2 is 1.56 bits per heavy atom. The monoisotopic (exact) mass is 460 g/mol. The number of hydrogen-bond donors (Lipinski definition) is 1. The van der Waals surface area contributed by atoms with E-state index in [0.29, 0.717) is 30.5 Å². The van der Waals surface area contributed by atoms with Gasteiger partial charge in [0.1, 0.15) is 5.75 Å². The van der Waals surface area contributed by atoms with Crippen LogP contribution in [0.3, 0.4) is 0 Å². The molecule has 2 aliphatic heterocycles. The van der Waals surface area contributed by atoms with Gasteiger partial charge in [0.15, 0.2) is 11.5 Å². The smallest absolute Gasteiger partial charge is 0.223 e. The molecule has 0 bridgehead atoms. The fraction of sp³-hybridized carbons (Fsp3) is 0.464. The molecule has 34 heavy (non-hydrogen) atoms. The van der Waals surface area contributed by atoms with Gasteiger partial charge in [0.2, 0.25) is 5.91 Å². The standard InChI is InChI=1S/C28H32N2O4/c1-32-17-8-9-18-19(12-17)20-13-24(33-2)25(34-3)14-21(20)22-15-30-23(10-11-26(30)31)28(27(18)22)29-16-6-4-5-7-16/h8-9,12-14,16,23,28-29H,4-7,10-11,15H2,1-3H3/t23-,28+/m0/s1. The van der Waals surface area contributed by atoms with Crippen LogP contribution in [0.1, 0.15) is 55.7 Å². The fourth-order valence-electron chi connectivity index (χ4n) is 6.50. The number of rotatable bonds is 5. The number of carbonyl (C=O) groups excluding carboxylic acids is 1. The summed E-state index contributed by atoms with van der Waals surface area (Å²) in [5.74, 6) is 2.50. The molecule has 6 heteroatoms. The number of benzene rings is 3. The molecule has 3 aromatic carbocycles. The van der Waals surface area contributed by atoms with Crippen molar-refractivity contribution in [3.8, 4) is 17.2 Å². The highest BCUT2D eigenvalue weighted by atomic mass is 16.5. The Kier molecular flexibility index (Phi) is 5.29. The van der Waals surface area contributed by atoms with Gasteiger partial charge in [-0.2, -0.15) is 0 Å². The minimum absolute atomic E-state index is 0.117. The quantitative estimate of drug-likeness (QED) is 0.537. The maximum Gasteiger partial charge on any atom is 0.223 e. The first-order valence-corrected chi connectivity index (χ1v) is 12.4. The predicted molar refractivity (Wildman–Crippen MR) is 133 cm³/mol.